The van der Waals surface area contributed by atoms with Crippen molar-refractivity contribution in [1.29, 1.82) is 0 Å². The summed E-state index contributed by atoms with van der Waals surface area (Å²) in [6, 6.07) is 16.3. The van der Waals surface area contributed by atoms with Gasteiger partial charge in [0.2, 0.25) is 0 Å². The standard InChI is InChI=1S/C29H28N2O6S/c1-17(19-6-9-23-25(16-19)37-12-11-36-23)30-28(32)20-7-10-26-21(15-20)31(2)29(33)27(38-26)14-18-5-8-22(34-3)24(13-18)35-4/h5-10,13-17H,11-12H2,1-4H3,(H,30,32)/b27-14-. The molecule has 3 aromatic rings. The van der Waals surface area contributed by atoms with Crippen LogP contribution in [0.15, 0.2) is 64.4 Å². The second kappa shape index (κ2) is 10.7. The number of amides is 2. The van der Waals surface area contributed by atoms with Crippen LogP contribution in [0.4, 0.5) is 5.69 Å². The molecule has 9 heteroatoms. The third kappa shape index (κ3) is 5.02. The Kier molecular flexibility index (Phi) is 7.20. The Morgan fingerprint density at radius 1 is 1.00 bits per heavy atom. The number of carbonyl (C=O) groups excluding carboxylic acids is 2. The highest BCUT2D eigenvalue weighted by Gasteiger charge is 2.28. The number of anilines is 1. The molecule has 0 saturated carbocycles. The van der Waals surface area contributed by atoms with Gasteiger partial charge in [0.1, 0.15) is 13.2 Å². The van der Waals surface area contributed by atoms with E-state index < -0.39 is 0 Å². The van der Waals surface area contributed by atoms with Crippen molar-refractivity contribution in [3.8, 4) is 23.0 Å². The number of carbonyl (C=O) groups is 2. The van der Waals surface area contributed by atoms with Gasteiger partial charge in [0, 0.05) is 17.5 Å². The fraction of sp³-hybridized carbons (Fsp3) is 0.241. The lowest BCUT2D eigenvalue weighted by atomic mass is 10.1. The summed E-state index contributed by atoms with van der Waals surface area (Å²) in [6.45, 7) is 2.94. The van der Waals surface area contributed by atoms with Gasteiger partial charge in [0.05, 0.1) is 30.9 Å². The summed E-state index contributed by atoms with van der Waals surface area (Å²) in [5, 5.41) is 3.03. The number of benzene rings is 3. The van der Waals surface area contributed by atoms with Gasteiger partial charge in [-0.15, -0.1) is 0 Å². The number of fused-ring (bicyclic) bond motifs is 2. The van der Waals surface area contributed by atoms with Crippen molar-refractivity contribution in [2.45, 2.75) is 17.9 Å². The van der Waals surface area contributed by atoms with Crippen molar-refractivity contribution in [3.63, 3.8) is 0 Å². The van der Waals surface area contributed by atoms with E-state index in [9.17, 15) is 9.59 Å². The Labute approximate surface area is 225 Å². The largest absolute Gasteiger partial charge is 0.493 e. The molecule has 0 fully saturated rings. The van der Waals surface area contributed by atoms with Gasteiger partial charge in [-0.1, -0.05) is 23.9 Å². The Bertz CT molecular complexity index is 1440. The molecule has 2 amide bonds. The summed E-state index contributed by atoms with van der Waals surface area (Å²) in [6.07, 6.45) is 1.82. The van der Waals surface area contributed by atoms with E-state index >= 15 is 0 Å². The molecule has 2 aliphatic heterocycles. The van der Waals surface area contributed by atoms with Gasteiger partial charge in [-0.3, -0.25) is 9.59 Å². The number of nitrogens with zero attached hydrogens (tertiary/aromatic N) is 1. The second-order valence-corrected chi connectivity index (χ2v) is 9.95. The lowest BCUT2D eigenvalue weighted by Crippen LogP contribution is -2.31. The average molecular weight is 533 g/mol. The maximum atomic E-state index is 13.2. The summed E-state index contributed by atoms with van der Waals surface area (Å²) in [5.74, 6) is 2.21. The zero-order chi connectivity index (χ0) is 26.8. The van der Waals surface area contributed by atoms with Crippen LogP contribution in [-0.4, -0.2) is 46.3 Å². The number of ether oxygens (including phenoxy) is 4. The van der Waals surface area contributed by atoms with Gasteiger partial charge in [0.25, 0.3) is 11.8 Å². The minimum Gasteiger partial charge on any atom is -0.493 e. The molecule has 2 aliphatic rings. The summed E-state index contributed by atoms with van der Waals surface area (Å²) < 4.78 is 21.9. The first-order valence-corrected chi connectivity index (χ1v) is 12.9. The minimum atomic E-state index is -0.251. The van der Waals surface area contributed by atoms with Gasteiger partial charge in [0.15, 0.2) is 23.0 Å². The number of methoxy groups -OCH3 is 2. The highest BCUT2D eigenvalue weighted by molar-refractivity contribution is 8.04. The van der Waals surface area contributed by atoms with Gasteiger partial charge in [-0.25, -0.2) is 0 Å². The molecular weight excluding hydrogens is 504 g/mol. The number of nitrogens with one attached hydrogen (secondary N) is 1. The van der Waals surface area contributed by atoms with Crippen molar-refractivity contribution in [3.05, 3.63) is 76.2 Å². The number of hydrogen-bond acceptors (Lipinski definition) is 7. The van der Waals surface area contributed by atoms with Gasteiger partial charge in [-0.2, -0.15) is 0 Å². The first-order chi connectivity index (χ1) is 18.4. The van der Waals surface area contributed by atoms with Crippen LogP contribution in [-0.2, 0) is 4.79 Å². The van der Waals surface area contributed by atoms with Crippen molar-refractivity contribution in [1.82, 2.24) is 5.32 Å². The van der Waals surface area contributed by atoms with Crippen LogP contribution >= 0.6 is 11.8 Å². The van der Waals surface area contributed by atoms with E-state index in [0.29, 0.717) is 52.4 Å². The molecule has 3 aromatic carbocycles. The van der Waals surface area contributed by atoms with Crippen LogP contribution in [0.2, 0.25) is 0 Å². The summed E-state index contributed by atoms with van der Waals surface area (Å²) in [5.41, 5.74) is 2.89. The molecule has 2 heterocycles. The quantitative estimate of drug-likeness (QED) is 0.444. The molecule has 196 valence electrons. The van der Waals surface area contributed by atoms with E-state index in [0.717, 1.165) is 16.0 Å². The Morgan fingerprint density at radius 2 is 1.76 bits per heavy atom. The van der Waals surface area contributed by atoms with Gasteiger partial charge in [-0.05, 0) is 66.6 Å². The van der Waals surface area contributed by atoms with Crippen LogP contribution in [0, 0.1) is 0 Å². The fourth-order valence-corrected chi connectivity index (χ4v) is 5.41. The molecule has 0 radical (unpaired) electrons. The lowest BCUT2D eigenvalue weighted by molar-refractivity contribution is -0.114. The zero-order valence-electron chi connectivity index (χ0n) is 21.6. The fourth-order valence-electron chi connectivity index (χ4n) is 4.32. The van der Waals surface area contributed by atoms with Gasteiger partial charge < -0.3 is 29.2 Å². The summed E-state index contributed by atoms with van der Waals surface area (Å²) in [4.78, 5) is 29.3. The Balaban J connectivity index is 1.34. The van der Waals surface area contributed by atoms with Crippen LogP contribution < -0.4 is 29.2 Å². The first kappa shape index (κ1) is 25.5. The number of rotatable bonds is 6. The highest BCUT2D eigenvalue weighted by Crippen LogP contribution is 2.42. The molecule has 8 nitrogen and oxygen atoms in total. The third-order valence-electron chi connectivity index (χ3n) is 6.44. The van der Waals surface area contributed by atoms with E-state index in [4.69, 9.17) is 18.9 Å². The van der Waals surface area contributed by atoms with Crippen LogP contribution in [0.25, 0.3) is 6.08 Å². The van der Waals surface area contributed by atoms with E-state index in [1.165, 1.54) is 11.8 Å². The summed E-state index contributed by atoms with van der Waals surface area (Å²) >= 11 is 1.37. The lowest BCUT2D eigenvalue weighted by Gasteiger charge is -2.27. The molecule has 1 N–H and O–H groups in total. The predicted octanol–water partition coefficient (Wildman–Crippen LogP) is 5.08. The van der Waals surface area contributed by atoms with Crippen LogP contribution in [0.3, 0.4) is 0 Å². The minimum absolute atomic E-state index is 0.153. The molecule has 0 saturated heterocycles. The number of hydrogen-bond donors (Lipinski definition) is 1. The molecule has 0 aliphatic carbocycles. The third-order valence-corrected chi connectivity index (χ3v) is 7.51. The smallest absolute Gasteiger partial charge is 0.264 e. The molecule has 38 heavy (non-hydrogen) atoms. The maximum absolute atomic E-state index is 13.2. The second-order valence-electron chi connectivity index (χ2n) is 8.87. The van der Waals surface area contributed by atoms with Crippen molar-refractivity contribution in [2.24, 2.45) is 0 Å². The van der Waals surface area contributed by atoms with Gasteiger partial charge >= 0.3 is 0 Å². The molecule has 0 aromatic heterocycles. The molecule has 1 atom stereocenters. The molecule has 5 rings (SSSR count). The Hall–Kier alpha value is -4.11. The molecule has 0 bridgehead atoms. The molecule has 0 spiro atoms. The zero-order valence-corrected chi connectivity index (χ0v) is 22.4. The highest BCUT2D eigenvalue weighted by atomic mass is 32.2. The van der Waals surface area contributed by atoms with Crippen LogP contribution in [0.5, 0.6) is 23.0 Å². The number of thioether (sulfide) groups is 1. The summed E-state index contributed by atoms with van der Waals surface area (Å²) in [7, 11) is 4.86. The van der Waals surface area contributed by atoms with Crippen LogP contribution in [0.1, 0.15) is 34.5 Å². The molecular formula is C29H28N2O6S. The van der Waals surface area contributed by atoms with E-state index in [2.05, 4.69) is 5.32 Å². The van der Waals surface area contributed by atoms with E-state index in [1.54, 1.807) is 44.4 Å². The maximum Gasteiger partial charge on any atom is 0.264 e. The number of likely N-dealkylation sites (N-methyl/N-ethyl adjacent to an activating group) is 1. The van der Waals surface area contributed by atoms with Crippen molar-refractivity contribution < 1.29 is 28.5 Å². The monoisotopic (exact) mass is 532 g/mol. The van der Waals surface area contributed by atoms with Crippen molar-refractivity contribution >= 4 is 35.3 Å². The normalized spacial score (nSPS) is 16.1. The Morgan fingerprint density at radius 3 is 2.53 bits per heavy atom. The predicted molar refractivity (Wildman–Crippen MR) is 147 cm³/mol. The SMILES string of the molecule is COc1ccc(/C=C2\Sc3ccc(C(=O)NC(C)c4ccc5c(c4)OCCO5)cc3N(C)C2=O)cc1OC. The van der Waals surface area contributed by atoms with E-state index in [-0.39, 0.29) is 17.9 Å². The van der Waals surface area contributed by atoms with Crippen molar-refractivity contribution in [2.75, 3.05) is 39.4 Å². The van der Waals surface area contributed by atoms with E-state index in [1.807, 2.05) is 49.4 Å². The first-order valence-electron chi connectivity index (χ1n) is 12.1. The average Bonchev–Trinajstić information content (AvgIpc) is 2.95. The molecule has 1 unspecified atom stereocenters. The topological polar surface area (TPSA) is 86.3 Å².